The van der Waals surface area contributed by atoms with E-state index in [1.54, 1.807) is 0 Å². The standard InChI is InChI=1S/C63H119NO8/c1-6-8-10-12-14-16-17-18-19-20-21-22-23-24-25-26-27-28-29-30-31-32-33-34-35-36-37-38-39-40-41-42-43-44-45-46-48-50-52-54-61(66)72-59(58-71-63(62(67)68)69-56-55-64(3,4)5)57-70-60(65)53-51-49-47-15-13-11-9-7-2/h17-18,20-21,59,63H,6-16,19,22-58H2,1-5H3/p+1/b18-17-,21-20-. The lowest BCUT2D eigenvalue weighted by atomic mass is 10.0. The van der Waals surface area contributed by atoms with Crippen molar-refractivity contribution in [2.24, 2.45) is 0 Å². The van der Waals surface area contributed by atoms with Gasteiger partial charge in [0.2, 0.25) is 0 Å². The van der Waals surface area contributed by atoms with E-state index in [2.05, 4.69) is 38.2 Å². The first-order valence-corrected chi connectivity index (χ1v) is 31.0. The van der Waals surface area contributed by atoms with Gasteiger partial charge in [0.05, 0.1) is 34.4 Å². The van der Waals surface area contributed by atoms with Gasteiger partial charge in [-0.25, -0.2) is 4.79 Å². The van der Waals surface area contributed by atoms with E-state index in [1.165, 1.54) is 231 Å². The van der Waals surface area contributed by atoms with Gasteiger partial charge >= 0.3 is 17.9 Å². The fourth-order valence-electron chi connectivity index (χ4n) is 9.16. The highest BCUT2D eigenvalue weighted by molar-refractivity contribution is 5.71. The quantitative estimate of drug-likeness (QED) is 0.0211. The second-order valence-electron chi connectivity index (χ2n) is 22.4. The molecule has 0 saturated heterocycles. The van der Waals surface area contributed by atoms with Crippen molar-refractivity contribution in [3.8, 4) is 0 Å². The molecule has 0 amide bonds. The highest BCUT2D eigenvalue weighted by Gasteiger charge is 2.25. The Morgan fingerprint density at radius 2 is 0.750 bits per heavy atom. The third-order valence-electron chi connectivity index (χ3n) is 14.0. The van der Waals surface area contributed by atoms with Crippen LogP contribution in [0.3, 0.4) is 0 Å². The zero-order valence-electron chi connectivity index (χ0n) is 48.4. The number of nitrogens with zero attached hydrogens (tertiary/aromatic N) is 1. The summed E-state index contributed by atoms with van der Waals surface area (Å²) in [7, 11) is 5.97. The van der Waals surface area contributed by atoms with E-state index < -0.39 is 18.4 Å². The van der Waals surface area contributed by atoms with Crippen molar-refractivity contribution in [1.82, 2.24) is 0 Å². The van der Waals surface area contributed by atoms with Crippen LogP contribution in [-0.2, 0) is 33.3 Å². The summed E-state index contributed by atoms with van der Waals surface area (Å²) in [6, 6.07) is 0. The van der Waals surface area contributed by atoms with E-state index in [0.29, 0.717) is 17.4 Å². The number of unbranched alkanes of at least 4 members (excludes halogenated alkanes) is 39. The van der Waals surface area contributed by atoms with Gasteiger partial charge in [-0.3, -0.25) is 9.59 Å². The zero-order chi connectivity index (χ0) is 52.7. The SMILES string of the molecule is CCCCCCC/C=C\C/C=C\CCCCCCCCCCCCCCCCCCCCCCCCCCCCCC(=O)OC(COC(=O)CCCCCCCCCC)COC(OCC[N+](C)(C)C)C(=O)O. The lowest BCUT2D eigenvalue weighted by Crippen LogP contribution is -2.40. The molecular formula is C63H120NO8+. The number of quaternary nitrogens is 1. The predicted molar refractivity (Wildman–Crippen MR) is 304 cm³/mol. The van der Waals surface area contributed by atoms with Crippen LogP contribution in [0.2, 0.25) is 0 Å². The number of carbonyl (C=O) groups excluding carboxylic acids is 2. The topological polar surface area (TPSA) is 108 Å². The molecule has 0 aromatic heterocycles. The number of hydrogen-bond acceptors (Lipinski definition) is 7. The number of hydrogen-bond donors (Lipinski definition) is 1. The summed E-state index contributed by atoms with van der Waals surface area (Å²) in [6.07, 6.45) is 63.2. The molecule has 0 spiro atoms. The van der Waals surface area contributed by atoms with Crippen LogP contribution >= 0.6 is 0 Å². The molecule has 0 aliphatic heterocycles. The van der Waals surface area contributed by atoms with Crippen LogP contribution in [0.25, 0.3) is 0 Å². The monoisotopic (exact) mass is 1020 g/mol. The van der Waals surface area contributed by atoms with Crippen molar-refractivity contribution in [2.75, 3.05) is 47.5 Å². The summed E-state index contributed by atoms with van der Waals surface area (Å²) in [5, 5.41) is 9.66. The van der Waals surface area contributed by atoms with Crippen LogP contribution in [0.5, 0.6) is 0 Å². The molecule has 0 aromatic carbocycles. The van der Waals surface area contributed by atoms with Gasteiger partial charge in [-0.15, -0.1) is 0 Å². The maximum absolute atomic E-state index is 12.8. The summed E-state index contributed by atoms with van der Waals surface area (Å²) in [5.74, 6) is -1.99. The predicted octanol–water partition coefficient (Wildman–Crippen LogP) is 18.3. The molecule has 9 heteroatoms. The molecule has 2 atom stereocenters. The highest BCUT2D eigenvalue weighted by Crippen LogP contribution is 2.18. The Labute approximate surface area is 446 Å². The van der Waals surface area contributed by atoms with E-state index in [9.17, 15) is 19.5 Å². The maximum atomic E-state index is 12.8. The second-order valence-corrected chi connectivity index (χ2v) is 22.4. The molecule has 0 rings (SSSR count). The Morgan fingerprint density at radius 1 is 0.417 bits per heavy atom. The van der Waals surface area contributed by atoms with Crippen molar-refractivity contribution in [3.05, 3.63) is 24.3 Å². The first-order valence-electron chi connectivity index (χ1n) is 31.0. The van der Waals surface area contributed by atoms with Gasteiger partial charge in [0.25, 0.3) is 6.29 Å². The third-order valence-corrected chi connectivity index (χ3v) is 14.0. The Bertz CT molecular complexity index is 1230. The number of allylic oxidation sites excluding steroid dienone is 4. The number of rotatable bonds is 58. The van der Waals surface area contributed by atoms with E-state index in [1.807, 2.05) is 21.1 Å². The van der Waals surface area contributed by atoms with E-state index in [4.69, 9.17) is 18.9 Å². The number of carbonyl (C=O) groups is 3. The minimum absolute atomic E-state index is 0.176. The van der Waals surface area contributed by atoms with Gasteiger partial charge in [0.1, 0.15) is 13.2 Å². The molecule has 0 aliphatic rings. The molecule has 0 radical (unpaired) electrons. The number of carboxylic acid groups (broad SMARTS) is 1. The number of esters is 2. The smallest absolute Gasteiger partial charge is 0.361 e. The minimum Gasteiger partial charge on any atom is -0.477 e. The molecule has 0 heterocycles. The van der Waals surface area contributed by atoms with E-state index in [-0.39, 0.29) is 38.2 Å². The molecule has 0 aromatic rings. The Kier molecular flexibility index (Phi) is 53.3. The molecule has 0 saturated carbocycles. The second kappa shape index (κ2) is 55.0. The maximum Gasteiger partial charge on any atom is 0.361 e. The molecule has 72 heavy (non-hydrogen) atoms. The van der Waals surface area contributed by atoms with Crippen molar-refractivity contribution < 1.29 is 42.9 Å². The van der Waals surface area contributed by atoms with Gasteiger partial charge in [0, 0.05) is 12.8 Å². The van der Waals surface area contributed by atoms with E-state index >= 15 is 0 Å². The fourth-order valence-corrected chi connectivity index (χ4v) is 9.16. The first-order chi connectivity index (χ1) is 35.1. The largest absolute Gasteiger partial charge is 0.477 e. The van der Waals surface area contributed by atoms with Crippen LogP contribution in [0.15, 0.2) is 24.3 Å². The number of carboxylic acids is 1. The van der Waals surface area contributed by atoms with Gasteiger partial charge < -0.3 is 28.5 Å². The fraction of sp³-hybridized carbons (Fsp3) is 0.889. The summed E-state index contributed by atoms with van der Waals surface area (Å²) in [5.41, 5.74) is 0. The summed E-state index contributed by atoms with van der Waals surface area (Å²) in [4.78, 5) is 37.1. The zero-order valence-corrected chi connectivity index (χ0v) is 48.4. The van der Waals surface area contributed by atoms with Crippen LogP contribution in [0.4, 0.5) is 0 Å². The average molecular weight is 1020 g/mol. The Balaban J connectivity index is 3.82. The van der Waals surface area contributed by atoms with Crippen LogP contribution in [-0.4, -0.2) is 87.4 Å². The van der Waals surface area contributed by atoms with Gasteiger partial charge in [-0.2, -0.15) is 0 Å². The van der Waals surface area contributed by atoms with Crippen LogP contribution < -0.4 is 0 Å². The molecule has 0 aliphatic carbocycles. The first kappa shape index (κ1) is 69.8. The van der Waals surface area contributed by atoms with Gasteiger partial charge in [-0.1, -0.05) is 269 Å². The van der Waals surface area contributed by atoms with Crippen molar-refractivity contribution in [1.29, 1.82) is 0 Å². The molecule has 0 bridgehead atoms. The minimum atomic E-state index is -1.50. The molecule has 1 N–H and O–H groups in total. The molecule has 9 nitrogen and oxygen atoms in total. The van der Waals surface area contributed by atoms with Crippen molar-refractivity contribution in [3.63, 3.8) is 0 Å². The van der Waals surface area contributed by atoms with Crippen LogP contribution in [0.1, 0.15) is 303 Å². The average Bonchev–Trinajstić information content (AvgIpc) is 3.35. The lowest BCUT2D eigenvalue weighted by molar-refractivity contribution is -0.870. The van der Waals surface area contributed by atoms with Crippen molar-refractivity contribution >= 4 is 17.9 Å². The number of ether oxygens (including phenoxy) is 4. The Hall–Kier alpha value is -2.23. The van der Waals surface area contributed by atoms with Crippen LogP contribution in [0, 0.1) is 0 Å². The molecular weight excluding hydrogens is 899 g/mol. The van der Waals surface area contributed by atoms with Gasteiger partial charge in [0.15, 0.2) is 6.10 Å². The highest BCUT2D eigenvalue weighted by atomic mass is 16.7. The van der Waals surface area contributed by atoms with E-state index in [0.717, 1.165) is 44.9 Å². The summed E-state index contributed by atoms with van der Waals surface area (Å²) in [6.45, 7) is 4.87. The third kappa shape index (κ3) is 55.5. The summed E-state index contributed by atoms with van der Waals surface area (Å²) < 4.78 is 22.8. The lowest BCUT2D eigenvalue weighted by Gasteiger charge is -2.25. The molecule has 0 fully saturated rings. The van der Waals surface area contributed by atoms with Gasteiger partial charge in [-0.05, 0) is 44.9 Å². The summed E-state index contributed by atoms with van der Waals surface area (Å²) >= 11 is 0. The molecule has 424 valence electrons. The molecule has 2 unspecified atom stereocenters. The van der Waals surface area contributed by atoms with Crippen molar-refractivity contribution in [2.45, 2.75) is 315 Å². The Morgan fingerprint density at radius 3 is 1.10 bits per heavy atom. The normalized spacial score (nSPS) is 12.8. The number of likely N-dealkylation sites (N-methyl/N-ethyl adjacent to an activating group) is 1. The number of aliphatic carboxylic acids is 1.